The fraction of sp³-hybridized carbons (Fsp3) is 0.559. The molecule has 7 heteroatoms. The molecule has 0 aliphatic rings. The van der Waals surface area contributed by atoms with Crippen LogP contribution in [0.2, 0.25) is 0 Å². The van der Waals surface area contributed by atoms with E-state index < -0.39 is 0 Å². The third kappa shape index (κ3) is 22.4. The molecule has 2 aromatic rings. The standard InChI is InChI=1S/C18H29N3O2.C8H10.C7H17N.CH2O/c1-12(2)10-20-17(22)14(4)9-16(19)11-21-18(23)15-7-5-6-13(3)8-15;1-7-4-3-5-8(2)6-7;1-4-6-8(3)7-5-2;1-2/h5-8,12,14,16H,9-11,19H2,1-4H3,(H,20,22)(H,21,23);3-6H,1-2H3;4-7H2,1-3H3;1H2. The van der Waals surface area contributed by atoms with Crippen molar-refractivity contribution in [3.63, 3.8) is 0 Å². The fourth-order valence-corrected chi connectivity index (χ4v) is 3.92. The number of carbonyl (C=O) groups is 3. The van der Waals surface area contributed by atoms with Gasteiger partial charge >= 0.3 is 0 Å². The van der Waals surface area contributed by atoms with E-state index in [1.165, 1.54) is 37.1 Å². The van der Waals surface area contributed by atoms with E-state index in [0.717, 1.165) is 5.56 Å². The smallest absolute Gasteiger partial charge is 0.251 e. The van der Waals surface area contributed by atoms with Crippen LogP contribution >= 0.6 is 0 Å². The zero-order valence-corrected chi connectivity index (χ0v) is 27.3. The molecule has 2 atom stereocenters. The van der Waals surface area contributed by atoms with Crippen molar-refractivity contribution < 1.29 is 14.4 Å². The van der Waals surface area contributed by atoms with Crippen LogP contribution in [0.25, 0.3) is 0 Å². The summed E-state index contributed by atoms with van der Waals surface area (Å²) < 4.78 is 0. The summed E-state index contributed by atoms with van der Waals surface area (Å²) in [5.41, 5.74) is 10.4. The molecule has 7 nitrogen and oxygen atoms in total. The number of hydrogen-bond acceptors (Lipinski definition) is 5. The van der Waals surface area contributed by atoms with Crippen molar-refractivity contribution in [1.29, 1.82) is 0 Å². The van der Waals surface area contributed by atoms with Gasteiger partial charge in [0.15, 0.2) is 0 Å². The first-order valence-corrected chi connectivity index (χ1v) is 14.8. The van der Waals surface area contributed by atoms with Crippen LogP contribution in [0.3, 0.4) is 0 Å². The molecule has 41 heavy (non-hydrogen) atoms. The second-order valence-corrected chi connectivity index (χ2v) is 11.1. The van der Waals surface area contributed by atoms with Crippen molar-refractivity contribution in [2.45, 2.75) is 80.7 Å². The Balaban J connectivity index is 0. The number of rotatable bonds is 12. The lowest BCUT2D eigenvalue weighted by molar-refractivity contribution is -0.124. The zero-order valence-electron chi connectivity index (χ0n) is 27.3. The van der Waals surface area contributed by atoms with Crippen molar-refractivity contribution in [3.8, 4) is 0 Å². The Bertz CT molecular complexity index is 941. The van der Waals surface area contributed by atoms with Crippen molar-refractivity contribution in [1.82, 2.24) is 15.5 Å². The molecule has 0 fully saturated rings. The lowest BCUT2D eigenvalue weighted by atomic mass is 10.0. The maximum atomic E-state index is 12.1. The van der Waals surface area contributed by atoms with E-state index in [1.54, 1.807) is 6.07 Å². The van der Waals surface area contributed by atoms with Crippen molar-refractivity contribution in [3.05, 3.63) is 70.8 Å². The van der Waals surface area contributed by atoms with Crippen LogP contribution in [0.5, 0.6) is 0 Å². The second kappa shape index (κ2) is 24.7. The minimum absolute atomic E-state index is 0.0131. The molecule has 0 spiro atoms. The van der Waals surface area contributed by atoms with Crippen LogP contribution in [0.4, 0.5) is 0 Å². The van der Waals surface area contributed by atoms with Gasteiger partial charge in [0.05, 0.1) is 0 Å². The predicted molar refractivity (Wildman–Crippen MR) is 174 cm³/mol. The van der Waals surface area contributed by atoms with E-state index in [9.17, 15) is 9.59 Å². The van der Waals surface area contributed by atoms with Gasteiger partial charge in [-0.25, -0.2) is 0 Å². The largest absolute Gasteiger partial charge is 0.356 e. The average molecular weight is 571 g/mol. The van der Waals surface area contributed by atoms with Crippen LogP contribution in [-0.4, -0.2) is 62.8 Å². The lowest BCUT2D eigenvalue weighted by Crippen LogP contribution is -2.41. The summed E-state index contributed by atoms with van der Waals surface area (Å²) in [4.78, 5) is 34.3. The molecule has 0 radical (unpaired) electrons. The maximum Gasteiger partial charge on any atom is 0.251 e. The summed E-state index contributed by atoms with van der Waals surface area (Å²) in [6.07, 6.45) is 3.09. The van der Waals surface area contributed by atoms with Gasteiger partial charge in [0.1, 0.15) is 6.79 Å². The highest BCUT2D eigenvalue weighted by molar-refractivity contribution is 5.94. The molecule has 0 bridgehead atoms. The highest BCUT2D eigenvalue weighted by atomic mass is 16.2. The van der Waals surface area contributed by atoms with Gasteiger partial charge in [-0.15, -0.1) is 0 Å². The van der Waals surface area contributed by atoms with Gasteiger partial charge in [0.25, 0.3) is 5.91 Å². The topological polar surface area (TPSA) is 105 Å². The summed E-state index contributed by atoms with van der Waals surface area (Å²) in [6.45, 7) is 22.1. The molecule has 0 heterocycles. The first kappa shape index (κ1) is 40.1. The second-order valence-electron chi connectivity index (χ2n) is 11.1. The van der Waals surface area contributed by atoms with E-state index in [0.29, 0.717) is 31.0 Å². The Morgan fingerprint density at radius 1 is 0.829 bits per heavy atom. The number of benzene rings is 2. The number of aryl methyl sites for hydroxylation is 3. The van der Waals surface area contributed by atoms with E-state index in [1.807, 2.05) is 38.8 Å². The third-order valence-electron chi connectivity index (χ3n) is 5.98. The Hall–Kier alpha value is -3.03. The third-order valence-corrected chi connectivity index (χ3v) is 5.98. The Morgan fingerprint density at radius 3 is 1.73 bits per heavy atom. The molecule has 0 saturated heterocycles. The average Bonchev–Trinajstić information content (AvgIpc) is 2.92. The van der Waals surface area contributed by atoms with Crippen LogP contribution in [0.1, 0.15) is 80.9 Å². The summed E-state index contributed by atoms with van der Waals surface area (Å²) in [5, 5.41) is 5.73. The van der Waals surface area contributed by atoms with E-state index >= 15 is 0 Å². The number of amides is 2. The molecule has 2 rings (SSSR count). The minimum Gasteiger partial charge on any atom is -0.356 e. The number of carbonyl (C=O) groups excluding carboxylic acids is 3. The maximum absolute atomic E-state index is 12.1. The number of nitrogens with zero attached hydrogens (tertiary/aromatic N) is 1. The predicted octanol–water partition coefficient (Wildman–Crippen LogP) is 5.71. The highest BCUT2D eigenvalue weighted by Crippen LogP contribution is 2.07. The van der Waals surface area contributed by atoms with E-state index in [4.69, 9.17) is 10.5 Å². The summed E-state index contributed by atoms with van der Waals surface area (Å²) in [5.74, 6) is 0.133. The number of nitrogens with two attached hydrogens (primary N) is 1. The van der Waals surface area contributed by atoms with Gasteiger partial charge in [-0.1, -0.05) is 87.7 Å². The van der Waals surface area contributed by atoms with E-state index in [2.05, 4.69) is 88.4 Å². The molecular weight excluding hydrogens is 512 g/mol. The van der Waals surface area contributed by atoms with Gasteiger partial charge in [-0.2, -0.15) is 0 Å². The molecule has 4 N–H and O–H groups in total. The SMILES string of the molecule is C=O.CCCN(C)CCC.Cc1cccc(C(=O)NCC(N)CC(C)C(=O)NCC(C)C)c1.Cc1cccc(C)c1. The molecule has 2 aromatic carbocycles. The monoisotopic (exact) mass is 570 g/mol. The highest BCUT2D eigenvalue weighted by Gasteiger charge is 2.17. The van der Waals surface area contributed by atoms with Gasteiger partial charge in [0, 0.05) is 30.6 Å². The minimum atomic E-state index is -0.247. The summed E-state index contributed by atoms with van der Waals surface area (Å²) >= 11 is 0. The van der Waals surface area contributed by atoms with E-state index in [-0.39, 0.29) is 23.8 Å². The van der Waals surface area contributed by atoms with Gasteiger partial charge in [0.2, 0.25) is 5.91 Å². The Kier molecular flexibility index (Phi) is 24.2. The Morgan fingerprint density at radius 2 is 1.32 bits per heavy atom. The summed E-state index contributed by atoms with van der Waals surface area (Å²) in [6, 6.07) is 15.6. The Labute approximate surface area is 250 Å². The molecule has 2 unspecified atom stereocenters. The number of hydrogen-bond donors (Lipinski definition) is 3. The molecule has 0 aromatic heterocycles. The molecule has 232 valence electrons. The van der Waals surface area contributed by atoms with Crippen LogP contribution < -0.4 is 16.4 Å². The van der Waals surface area contributed by atoms with Gasteiger partial charge in [-0.3, -0.25) is 9.59 Å². The normalized spacial score (nSPS) is 11.5. The van der Waals surface area contributed by atoms with Crippen molar-refractivity contribution in [2.75, 3.05) is 33.2 Å². The fourth-order valence-electron chi connectivity index (χ4n) is 3.92. The van der Waals surface area contributed by atoms with Crippen molar-refractivity contribution in [2.24, 2.45) is 17.6 Å². The first-order valence-electron chi connectivity index (χ1n) is 14.8. The number of nitrogens with one attached hydrogen (secondary N) is 2. The zero-order chi connectivity index (χ0) is 31.8. The lowest BCUT2D eigenvalue weighted by Gasteiger charge is -2.18. The molecule has 0 aliphatic heterocycles. The molecule has 0 saturated carbocycles. The van der Waals surface area contributed by atoms with Crippen LogP contribution in [-0.2, 0) is 9.59 Å². The molecule has 2 amide bonds. The summed E-state index contributed by atoms with van der Waals surface area (Å²) in [7, 11) is 2.17. The van der Waals surface area contributed by atoms with Crippen molar-refractivity contribution >= 4 is 18.6 Å². The molecular formula is C34H58N4O3. The van der Waals surface area contributed by atoms with Crippen LogP contribution in [0, 0.1) is 32.6 Å². The van der Waals surface area contributed by atoms with Gasteiger partial charge < -0.3 is 26.1 Å². The van der Waals surface area contributed by atoms with Crippen LogP contribution in [0.15, 0.2) is 48.5 Å². The molecule has 0 aliphatic carbocycles. The van der Waals surface area contributed by atoms with Gasteiger partial charge in [-0.05, 0) is 78.2 Å². The quantitative estimate of drug-likeness (QED) is 0.303. The first-order chi connectivity index (χ1) is 19.4.